The summed E-state index contributed by atoms with van der Waals surface area (Å²) in [5, 5.41) is 3.47. The zero-order valence-electron chi connectivity index (χ0n) is 10.3. The van der Waals surface area contributed by atoms with Gasteiger partial charge in [-0.05, 0) is 19.3 Å². The van der Waals surface area contributed by atoms with Crippen molar-refractivity contribution in [2.24, 2.45) is 5.92 Å². The summed E-state index contributed by atoms with van der Waals surface area (Å²) in [5.41, 5.74) is 0. The Labute approximate surface area is 97.0 Å². The smallest absolute Gasteiger partial charge is 0.203 e. The first-order valence-corrected chi connectivity index (χ1v) is 6.06. The van der Waals surface area contributed by atoms with E-state index in [2.05, 4.69) is 35.6 Å². The molecule has 0 bridgehead atoms. The van der Waals surface area contributed by atoms with E-state index in [0.717, 1.165) is 25.5 Å². The molecule has 1 aromatic heterocycles. The first kappa shape index (κ1) is 11.5. The molecule has 0 spiro atoms. The van der Waals surface area contributed by atoms with Crippen molar-refractivity contribution in [1.29, 1.82) is 0 Å². The summed E-state index contributed by atoms with van der Waals surface area (Å²) in [6.07, 6.45) is 5.23. The normalized spacial score (nSPS) is 25.2. The average Bonchev–Trinajstić information content (AvgIpc) is 2.78. The Bertz CT molecular complexity index is 335. The van der Waals surface area contributed by atoms with Gasteiger partial charge in [-0.3, -0.25) is 0 Å². The van der Waals surface area contributed by atoms with Crippen molar-refractivity contribution in [3.05, 3.63) is 12.4 Å². The number of hydrogen-bond acceptors (Lipinski definition) is 3. The lowest BCUT2D eigenvalue weighted by molar-refractivity contribution is 0.121. The Morgan fingerprint density at radius 1 is 1.62 bits per heavy atom. The lowest BCUT2D eigenvalue weighted by atomic mass is 10.2. The predicted octanol–water partition coefficient (Wildman–Crippen LogP) is 2.13. The van der Waals surface area contributed by atoms with Crippen LogP contribution >= 0.6 is 0 Å². The van der Waals surface area contributed by atoms with E-state index < -0.39 is 0 Å². The summed E-state index contributed by atoms with van der Waals surface area (Å²) < 4.78 is 7.71. The van der Waals surface area contributed by atoms with E-state index in [4.69, 9.17) is 4.74 Å². The molecule has 4 nitrogen and oxygen atoms in total. The monoisotopic (exact) mass is 223 g/mol. The van der Waals surface area contributed by atoms with Gasteiger partial charge in [-0.1, -0.05) is 13.8 Å². The van der Waals surface area contributed by atoms with E-state index in [1.807, 2.05) is 12.4 Å². The Kier molecular flexibility index (Phi) is 3.49. The molecule has 1 N–H and O–H groups in total. The minimum atomic E-state index is 0.282. The van der Waals surface area contributed by atoms with Gasteiger partial charge in [0, 0.05) is 25.5 Å². The molecule has 16 heavy (non-hydrogen) atoms. The maximum Gasteiger partial charge on any atom is 0.203 e. The lowest BCUT2D eigenvalue weighted by Crippen LogP contribution is -2.28. The van der Waals surface area contributed by atoms with E-state index in [1.165, 1.54) is 0 Å². The van der Waals surface area contributed by atoms with Crippen LogP contribution in [0.5, 0.6) is 0 Å². The summed E-state index contributed by atoms with van der Waals surface area (Å²) in [5.74, 6) is 1.60. The predicted molar refractivity (Wildman–Crippen MR) is 64.5 cm³/mol. The summed E-state index contributed by atoms with van der Waals surface area (Å²) >= 11 is 0. The van der Waals surface area contributed by atoms with Crippen molar-refractivity contribution < 1.29 is 4.74 Å². The van der Waals surface area contributed by atoms with Crippen LogP contribution in [-0.4, -0.2) is 28.3 Å². The third kappa shape index (κ3) is 2.55. The van der Waals surface area contributed by atoms with Crippen molar-refractivity contribution in [1.82, 2.24) is 9.55 Å². The molecule has 1 aliphatic rings. The van der Waals surface area contributed by atoms with Crippen molar-refractivity contribution in [2.45, 2.75) is 45.9 Å². The zero-order valence-corrected chi connectivity index (χ0v) is 10.3. The van der Waals surface area contributed by atoms with Gasteiger partial charge in [-0.2, -0.15) is 0 Å². The van der Waals surface area contributed by atoms with E-state index in [-0.39, 0.29) is 6.10 Å². The fourth-order valence-electron chi connectivity index (χ4n) is 2.08. The Morgan fingerprint density at radius 3 is 3.06 bits per heavy atom. The van der Waals surface area contributed by atoms with Crippen LogP contribution in [0.1, 0.15) is 27.2 Å². The Balaban J connectivity index is 2.00. The topological polar surface area (TPSA) is 39.1 Å². The molecule has 4 heteroatoms. The molecular formula is C12H21N3O. The maximum absolute atomic E-state index is 5.54. The minimum Gasteiger partial charge on any atom is -0.376 e. The molecule has 0 aliphatic carbocycles. The van der Waals surface area contributed by atoms with Gasteiger partial charge < -0.3 is 14.6 Å². The van der Waals surface area contributed by atoms with Gasteiger partial charge in [0.2, 0.25) is 5.95 Å². The summed E-state index contributed by atoms with van der Waals surface area (Å²) in [6, 6.07) is 0.397. The van der Waals surface area contributed by atoms with Crippen LogP contribution in [0.2, 0.25) is 0 Å². The lowest BCUT2D eigenvalue weighted by Gasteiger charge is -2.18. The Morgan fingerprint density at radius 2 is 2.44 bits per heavy atom. The number of nitrogens with one attached hydrogen (secondary N) is 1. The highest BCUT2D eigenvalue weighted by atomic mass is 16.5. The molecule has 0 radical (unpaired) electrons. The maximum atomic E-state index is 5.54. The standard InChI is InChI=1S/C12H21N3O/c1-9(2)8-15-6-5-13-12(15)14-11-4-7-16-10(11)3/h5-6,9-11H,4,7-8H2,1-3H3,(H,13,14). The summed E-state index contributed by atoms with van der Waals surface area (Å²) in [7, 11) is 0. The van der Waals surface area contributed by atoms with Crippen molar-refractivity contribution >= 4 is 5.95 Å². The van der Waals surface area contributed by atoms with Crippen LogP contribution in [0.15, 0.2) is 12.4 Å². The SMILES string of the molecule is CC(C)Cn1ccnc1NC1CCOC1C. The molecule has 2 heterocycles. The fourth-order valence-corrected chi connectivity index (χ4v) is 2.08. The molecule has 1 saturated heterocycles. The van der Waals surface area contributed by atoms with Gasteiger partial charge >= 0.3 is 0 Å². The molecule has 0 amide bonds. The van der Waals surface area contributed by atoms with Crippen LogP contribution < -0.4 is 5.32 Å². The second kappa shape index (κ2) is 4.87. The fraction of sp³-hybridized carbons (Fsp3) is 0.750. The molecular weight excluding hydrogens is 202 g/mol. The van der Waals surface area contributed by atoms with Crippen molar-refractivity contribution in [2.75, 3.05) is 11.9 Å². The largest absolute Gasteiger partial charge is 0.376 e. The molecule has 1 aliphatic heterocycles. The van der Waals surface area contributed by atoms with Gasteiger partial charge in [-0.25, -0.2) is 4.98 Å². The quantitative estimate of drug-likeness (QED) is 0.850. The van der Waals surface area contributed by atoms with Crippen molar-refractivity contribution in [3.8, 4) is 0 Å². The van der Waals surface area contributed by atoms with E-state index in [0.29, 0.717) is 12.0 Å². The highest BCUT2D eigenvalue weighted by molar-refractivity contribution is 5.28. The van der Waals surface area contributed by atoms with Gasteiger partial charge in [0.25, 0.3) is 0 Å². The first-order chi connectivity index (χ1) is 7.66. The second-order valence-electron chi connectivity index (χ2n) is 4.91. The number of imidazole rings is 1. The molecule has 90 valence electrons. The highest BCUT2D eigenvalue weighted by Crippen LogP contribution is 2.18. The first-order valence-electron chi connectivity index (χ1n) is 6.06. The molecule has 2 unspecified atom stereocenters. The molecule has 0 saturated carbocycles. The van der Waals surface area contributed by atoms with Gasteiger partial charge in [0.05, 0.1) is 12.1 Å². The Hall–Kier alpha value is -1.03. The van der Waals surface area contributed by atoms with E-state index in [9.17, 15) is 0 Å². The highest BCUT2D eigenvalue weighted by Gasteiger charge is 2.25. The van der Waals surface area contributed by atoms with Crippen molar-refractivity contribution in [3.63, 3.8) is 0 Å². The summed E-state index contributed by atoms with van der Waals surface area (Å²) in [4.78, 5) is 4.36. The number of aromatic nitrogens is 2. The summed E-state index contributed by atoms with van der Waals surface area (Å²) in [6.45, 7) is 8.39. The molecule has 2 rings (SSSR count). The van der Waals surface area contributed by atoms with Gasteiger partial charge in [0.1, 0.15) is 0 Å². The molecule has 1 aromatic rings. The second-order valence-corrected chi connectivity index (χ2v) is 4.91. The van der Waals surface area contributed by atoms with Gasteiger partial charge in [0.15, 0.2) is 0 Å². The van der Waals surface area contributed by atoms with Crippen LogP contribution in [0.3, 0.4) is 0 Å². The minimum absolute atomic E-state index is 0.282. The van der Waals surface area contributed by atoms with Gasteiger partial charge in [-0.15, -0.1) is 0 Å². The number of nitrogens with zero attached hydrogens (tertiary/aromatic N) is 2. The van der Waals surface area contributed by atoms with Crippen LogP contribution in [0.4, 0.5) is 5.95 Å². The number of hydrogen-bond donors (Lipinski definition) is 1. The molecule has 1 fully saturated rings. The number of anilines is 1. The average molecular weight is 223 g/mol. The molecule has 0 aromatic carbocycles. The van der Waals surface area contributed by atoms with E-state index >= 15 is 0 Å². The number of rotatable bonds is 4. The third-order valence-electron chi connectivity index (χ3n) is 2.97. The third-order valence-corrected chi connectivity index (χ3v) is 2.97. The van der Waals surface area contributed by atoms with Crippen LogP contribution in [0.25, 0.3) is 0 Å². The molecule has 2 atom stereocenters. The number of ether oxygens (including phenoxy) is 1. The van der Waals surface area contributed by atoms with Crippen LogP contribution in [-0.2, 0) is 11.3 Å². The van der Waals surface area contributed by atoms with Crippen LogP contribution in [0, 0.1) is 5.92 Å². The van der Waals surface area contributed by atoms with E-state index in [1.54, 1.807) is 0 Å². The zero-order chi connectivity index (χ0) is 11.5.